The highest BCUT2D eigenvalue weighted by molar-refractivity contribution is 6.03. The van der Waals surface area contributed by atoms with Gasteiger partial charge in [-0.15, -0.1) is 0 Å². The smallest absolute Gasteiger partial charge is 0.233 e. The molecule has 0 spiro atoms. The Morgan fingerprint density at radius 2 is 1.71 bits per heavy atom. The van der Waals surface area contributed by atoms with Crippen LogP contribution in [0.5, 0.6) is 0 Å². The summed E-state index contributed by atoms with van der Waals surface area (Å²) in [6.45, 7) is 4.87. The Morgan fingerprint density at radius 3 is 2.39 bits per heavy atom. The Bertz CT molecular complexity index is 503. The molecule has 1 N–H and O–H groups in total. The Balaban J connectivity index is 1.61. The zero-order valence-corrected chi connectivity index (χ0v) is 17.2. The molecule has 1 saturated heterocycles. The molecule has 7 heteroatoms. The second kappa shape index (κ2) is 12.9. The lowest BCUT2D eigenvalue weighted by molar-refractivity contribution is -0.140. The third-order valence-electron chi connectivity index (χ3n) is 5.60. The van der Waals surface area contributed by atoms with Crippen LogP contribution < -0.4 is 5.32 Å². The highest BCUT2D eigenvalue weighted by Crippen LogP contribution is 2.35. The van der Waals surface area contributed by atoms with Crippen LogP contribution in [-0.2, 0) is 23.9 Å². The van der Waals surface area contributed by atoms with Crippen LogP contribution in [0.4, 0.5) is 0 Å². The molecule has 160 valence electrons. The standard InChI is InChI=1S/C21H36N2O5/c1-2-12-27-14-15-28-13-10-22-19(24)9-11-23-20(25)16-18(21(23)26)17-7-5-3-4-6-8-17/h17-18H,2-16H2,1H3,(H,22,24). The number of rotatable bonds is 12. The zero-order chi connectivity index (χ0) is 20.2. The van der Waals surface area contributed by atoms with E-state index in [0.717, 1.165) is 38.7 Å². The monoisotopic (exact) mass is 396 g/mol. The number of carbonyl (C=O) groups excluding carboxylic acids is 3. The summed E-state index contributed by atoms with van der Waals surface area (Å²) in [4.78, 5) is 38.3. The number of hydrogen-bond donors (Lipinski definition) is 1. The Morgan fingerprint density at radius 1 is 1.04 bits per heavy atom. The maximum Gasteiger partial charge on any atom is 0.233 e. The number of likely N-dealkylation sites (tertiary alicyclic amines) is 1. The molecule has 1 atom stereocenters. The third-order valence-corrected chi connectivity index (χ3v) is 5.60. The zero-order valence-electron chi connectivity index (χ0n) is 17.2. The van der Waals surface area contributed by atoms with Crippen LogP contribution in [0.15, 0.2) is 0 Å². The van der Waals surface area contributed by atoms with Gasteiger partial charge in [0.1, 0.15) is 0 Å². The lowest BCUT2D eigenvalue weighted by atomic mass is 9.85. The van der Waals surface area contributed by atoms with Crippen LogP contribution in [0.2, 0.25) is 0 Å². The number of imide groups is 1. The Kier molecular flexibility index (Phi) is 10.5. The molecule has 28 heavy (non-hydrogen) atoms. The van der Waals surface area contributed by atoms with Crippen molar-refractivity contribution < 1.29 is 23.9 Å². The molecule has 1 aliphatic carbocycles. The minimum atomic E-state index is -0.169. The minimum Gasteiger partial charge on any atom is -0.379 e. The molecule has 1 aliphatic heterocycles. The van der Waals surface area contributed by atoms with Crippen molar-refractivity contribution in [2.24, 2.45) is 11.8 Å². The molecular formula is C21H36N2O5. The number of ether oxygens (including phenoxy) is 2. The predicted octanol–water partition coefficient (Wildman–Crippen LogP) is 2.28. The average Bonchev–Trinajstić information content (AvgIpc) is 2.86. The summed E-state index contributed by atoms with van der Waals surface area (Å²) in [5, 5.41) is 2.77. The van der Waals surface area contributed by atoms with E-state index in [2.05, 4.69) is 12.2 Å². The van der Waals surface area contributed by atoms with Crippen molar-refractivity contribution in [2.75, 3.05) is 39.5 Å². The fourth-order valence-electron chi connectivity index (χ4n) is 4.06. The summed E-state index contributed by atoms with van der Waals surface area (Å²) in [5.41, 5.74) is 0. The van der Waals surface area contributed by atoms with E-state index in [0.29, 0.717) is 38.7 Å². The normalized spacial score (nSPS) is 21.2. The van der Waals surface area contributed by atoms with Gasteiger partial charge in [0, 0.05) is 32.5 Å². The Labute approximate surface area is 168 Å². The van der Waals surface area contributed by atoms with Gasteiger partial charge in [-0.1, -0.05) is 32.6 Å². The van der Waals surface area contributed by atoms with Gasteiger partial charge in [0.2, 0.25) is 17.7 Å². The first-order valence-corrected chi connectivity index (χ1v) is 10.9. The number of nitrogens with one attached hydrogen (secondary N) is 1. The SMILES string of the molecule is CCCOCCOCCNC(=O)CCN1C(=O)CC(C2CCCCCC2)C1=O. The van der Waals surface area contributed by atoms with E-state index in [1.807, 2.05) is 0 Å². The molecule has 0 radical (unpaired) electrons. The molecule has 1 saturated carbocycles. The fourth-order valence-corrected chi connectivity index (χ4v) is 4.06. The summed E-state index contributed by atoms with van der Waals surface area (Å²) in [7, 11) is 0. The first kappa shape index (κ1) is 22.8. The van der Waals surface area contributed by atoms with Crippen LogP contribution in [0.25, 0.3) is 0 Å². The van der Waals surface area contributed by atoms with Gasteiger partial charge in [-0.2, -0.15) is 0 Å². The molecular weight excluding hydrogens is 360 g/mol. The van der Waals surface area contributed by atoms with E-state index in [1.165, 1.54) is 17.7 Å². The quantitative estimate of drug-likeness (QED) is 0.311. The van der Waals surface area contributed by atoms with Crippen molar-refractivity contribution in [3.63, 3.8) is 0 Å². The second-order valence-corrected chi connectivity index (χ2v) is 7.77. The van der Waals surface area contributed by atoms with Gasteiger partial charge in [-0.25, -0.2) is 0 Å². The van der Waals surface area contributed by atoms with Gasteiger partial charge in [-0.05, 0) is 25.2 Å². The number of amides is 3. The van der Waals surface area contributed by atoms with Crippen molar-refractivity contribution in [1.29, 1.82) is 0 Å². The number of nitrogens with zero attached hydrogens (tertiary/aromatic N) is 1. The van der Waals surface area contributed by atoms with E-state index >= 15 is 0 Å². The van der Waals surface area contributed by atoms with Gasteiger partial charge < -0.3 is 14.8 Å². The highest BCUT2D eigenvalue weighted by Gasteiger charge is 2.42. The maximum atomic E-state index is 12.7. The van der Waals surface area contributed by atoms with E-state index in [9.17, 15) is 14.4 Å². The van der Waals surface area contributed by atoms with Crippen molar-refractivity contribution in [3.8, 4) is 0 Å². The van der Waals surface area contributed by atoms with Gasteiger partial charge in [0.15, 0.2) is 0 Å². The molecule has 2 fully saturated rings. The van der Waals surface area contributed by atoms with Gasteiger partial charge in [0.25, 0.3) is 0 Å². The molecule has 3 amide bonds. The second-order valence-electron chi connectivity index (χ2n) is 7.77. The Hall–Kier alpha value is -1.47. The van der Waals surface area contributed by atoms with Crippen molar-refractivity contribution in [1.82, 2.24) is 10.2 Å². The molecule has 0 aromatic heterocycles. The lowest BCUT2D eigenvalue weighted by Gasteiger charge is -2.20. The third kappa shape index (κ3) is 7.51. The first-order valence-electron chi connectivity index (χ1n) is 10.9. The summed E-state index contributed by atoms with van der Waals surface area (Å²) in [5.74, 6) is -0.194. The van der Waals surface area contributed by atoms with Crippen LogP contribution in [0.1, 0.15) is 64.7 Å². The largest absolute Gasteiger partial charge is 0.379 e. The van der Waals surface area contributed by atoms with E-state index in [-0.39, 0.29) is 36.6 Å². The number of hydrogen-bond acceptors (Lipinski definition) is 5. The molecule has 0 aromatic carbocycles. The van der Waals surface area contributed by atoms with Gasteiger partial charge in [0.05, 0.1) is 25.7 Å². The van der Waals surface area contributed by atoms with Gasteiger partial charge >= 0.3 is 0 Å². The highest BCUT2D eigenvalue weighted by atomic mass is 16.5. The molecule has 0 bridgehead atoms. The summed E-state index contributed by atoms with van der Waals surface area (Å²) in [6, 6.07) is 0. The topological polar surface area (TPSA) is 84.9 Å². The molecule has 1 unspecified atom stereocenters. The predicted molar refractivity (Wildman–Crippen MR) is 106 cm³/mol. The van der Waals surface area contributed by atoms with Crippen LogP contribution in [0, 0.1) is 11.8 Å². The van der Waals surface area contributed by atoms with E-state index < -0.39 is 0 Å². The summed E-state index contributed by atoms with van der Waals surface area (Å²) in [6.07, 6.45) is 8.29. The van der Waals surface area contributed by atoms with Crippen LogP contribution >= 0.6 is 0 Å². The fraction of sp³-hybridized carbons (Fsp3) is 0.857. The molecule has 2 rings (SSSR count). The van der Waals surface area contributed by atoms with Crippen LogP contribution in [0.3, 0.4) is 0 Å². The van der Waals surface area contributed by atoms with Crippen molar-refractivity contribution >= 4 is 17.7 Å². The molecule has 1 heterocycles. The van der Waals surface area contributed by atoms with Crippen molar-refractivity contribution in [3.05, 3.63) is 0 Å². The first-order chi connectivity index (χ1) is 13.6. The summed E-state index contributed by atoms with van der Waals surface area (Å²) < 4.78 is 10.7. The summed E-state index contributed by atoms with van der Waals surface area (Å²) >= 11 is 0. The maximum absolute atomic E-state index is 12.7. The van der Waals surface area contributed by atoms with Crippen molar-refractivity contribution in [2.45, 2.75) is 64.7 Å². The average molecular weight is 397 g/mol. The minimum absolute atomic E-state index is 0.0693. The number of carbonyl (C=O) groups is 3. The molecule has 2 aliphatic rings. The van der Waals surface area contributed by atoms with Crippen LogP contribution in [-0.4, -0.2) is 62.1 Å². The molecule has 7 nitrogen and oxygen atoms in total. The molecule has 0 aromatic rings. The van der Waals surface area contributed by atoms with E-state index in [4.69, 9.17) is 9.47 Å². The van der Waals surface area contributed by atoms with Gasteiger partial charge in [-0.3, -0.25) is 19.3 Å². The van der Waals surface area contributed by atoms with E-state index in [1.54, 1.807) is 0 Å². The lowest BCUT2D eigenvalue weighted by Crippen LogP contribution is -2.36.